The summed E-state index contributed by atoms with van der Waals surface area (Å²) in [5.41, 5.74) is 5.52. The predicted octanol–water partition coefficient (Wildman–Crippen LogP) is 6.34. The lowest BCUT2D eigenvalue weighted by molar-refractivity contribution is -0.116. The molecule has 3 aromatic rings. The maximum atomic E-state index is 13.7. The summed E-state index contributed by atoms with van der Waals surface area (Å²) in [5, 5.41) is 7.86. The molecule has 0 fully saturated rings. The summed E-state index contributed by atoms with van der Waals surface area (Å²) >= 11 is 6.09. The number of para-hydroxylation sites is 2. The highest BCUT2D eigenvalue weighted by Crippen LogP contribution is 2.46. The lowest BCUT2D eigenvalue weighted by atomic mass is 9.78. The molecule has 1 heterocycles. The van der Waals surface area contributed by atoms with Crippen molar-refractivity contribution in [2.45, 2.75) is 24.8 Å². The maximum Gasteiger partial charge on any atom is 0.163 e. The minimum atomic E-state index is -0.375. The van der Waals surface area contributed by atoms with Crippen LogP contribution in [-0.4, -0.2) is 20.0 Å². The molecule has 1 aliphatic carbocycles. The molecule has 0 bridgehead atoms. The lowest BCUT2D eigenvalue weighted by Crippen LogP contribution is -2.27. The van der Waals surface area contributed by atoms with E-state index in [1.165, 1.54) is 0 Å². The van der Waals surface area contributed by atoms with Crippen molar-refractivity contribution in [2.24, 2.45) is 0 Å². The number of halogens is 1. The van der Waals surface area contributed by atoms with Gasteiger partial charge >= 0.3 is 0 Å². The molecule has 0 amide bonds. The standard InChI is InChI=1S/C27H25ClN2O3/c1-32-19-11-12-25(33-2)20(15-19)27-26-23(29-21-5-3-4-6-22(21)30-27)13-17(14-24(26)31)16-7-9-18(28)10-8-16/h3-12,15,17,27,29-30H,13-14H2,1-2H3/t17-,27+/m1/s1. The Labute approximate surface area is 198 Å². The fourth-order valence-electron chi connectivity index (χ4n) is 4.76. The highest BCUT2D eigenvalue weighted by Gasteiger charge is 2.37. The number of ether oxygens (including phenoxy) is 2. The molecule has 5 nitrogen and oxygen atoms in total. The Bertz CT molecular complexity index is 1240. The van der Waals surface area contributed by atoms with Crippen LogP contribution in [0.4, 0.5) is 11.4 Å². The number of allylic oxidation sites excluding steroid dienone is 1. The van der Waals surface area contributed by atoms with E-state index in [1.807, 2.05) is 66.7 Å². The number of benzene rings is 3. The van der Waals surface area contributed by atoms with Gasteiger partial charge in [0.15, 0.2) is 5.78 Å². The Morgan fingerprint density at radius 3 is 2.39 bits per heavy atom. The Morgan fingerprint density at radius 2 is 1.67 bits per heavy atom. The first-order valence-corrected chi connectivity index (χ1v) is 11.3. The number of carbonyl (C=O) groups excluding carboxylic acids is 1. The summed E-state index contributed by atoms with van der Waals surface area (Å²) < 4.78 is 11.2. The number of hydrogen-bond acceptors (Lipinski definition) is 5. The minimum absolute atomic E-state index is 0.0825. The average molecular weight is 461 g/mol. The first-order chi connectivity index (χ1) is 16.1. The minimum Gasteiger partial charge on any atom is -0.497 e. The molecule has 6 heteroatoms. The van der Waals surface area contributed by atoms with Gasteiger partial charge in [-0.25, -0.2) is 0 Å². The summed E-state index contributed by atoms with van der Waals surface area (Å²) in [6.07, 6.45) is 1.16. The van der Waals surface area contributed by atoms with Gasteiger partial charge < -0.3 is 20.1 Å². The van der Waals surface area contributed by atoms with Crippen molar-refractivity contribution >= 4 is 28.8 Å². The molecule has 5 rings (SSSR count). The number of hydrogen-bond donors (Lipinski definition) is 2. The molecule has 0 saturated heterocycles. The third-order valence-corrected chi connectivity index (χ3v) is 6.65. The number of Topliss-reactive ketones (excluding diaryl/α,β-unsaturated/α-hetero) is 1. The fraction of sp³-hybridized carbons (Fsp3) is 0.222. The molecule has 1 aliphatic heterocycles. The first kappa shape index (κ1) is 21.4. The highest BCUT2D eigenvalue weighted by molar-refractivity contribution is 6.30. The van der Waals surface area contributed by atoms with E-state index in [-0.39, 0.29) is 17.7 Å². The normalized spacial score (nSPS) is 19.5. The summed E-state index contributed by atoms with van der Waals surface area (Å²) in [6.45, 7) is 0. The van der Waals surface area contributed by atoms with E-state index in [1.54, 1.807) is 14.2 Å². The van der Waals surface area contributed by atoms with Crippen LogP contribution in [0.25, 0.3) is 0 Å². The number of fused-ring (bicyclic) bond motifs is 1. The van der Waals surface area contributed by atoms with Crippen molar-refractivity contribution in [1.29, 1.82) is 0 Å². The fourth-order valence-corrected chi connectivity index (χ4v) is 4.89. The first-order valence-electron chi connectivity index (χ1n) is 10.9. The van der Waals surface area contributed by atoms with Crippen LogP contribution in [0.1, 0.15) is 35.9 Å². The quantitative estimate of drug-likeness (QED) is 0.476. The van der Waals surface area contributed by atoms with Gasteiger partial charge in [-0.1, -0.05) is 35.9 Å². The molecule has 168 valence electrons. The predicted molar refractivity (Wildman–Crippen MR) is 131 cm³/mol. The molecule has 2 N–H and O–H groups in total. The van der Waals surface area contributed by atoms with E-state index in [2.05, 4.69) is 10.6 Å². The van der Waals surface area contributed by atoms with Gasteiger partial charge in [0.1, 0.15) is 11.5 Å². The van der Waals surface area contributed by atoms with E-state index in [0.29, 0.717) is 22.9 Å². The molecule has 0 aromatic heterocycles. The number of anilines is 2. The van der Waals surface area contributed by atoms with Gasteiger partial charge in [0.25, 0.3) is 0 Å². The Balaban J connectivity index is 1.64. The molecule has 0 spiro atoms. The molecule has 3 aromatic carbocycles. The van der Waals surface area contributed by atoms with E-state index in [0.717, 1.165) is 40.2 Å². The Hall–Kier alpha value is -3.44. The van der Waals surface area contributed by atoms with Crippen LogP contribution < -0.4 is 20.1 Å². The summed E-state index contributed by atoms with van der Waals surface area (Å²) in [4.78, 5) is 13.7. The number of nitrogens with one attached hydrogen (secondary N) is 2. The van der Waals surface area contributed by atoms with Crippen molar-refractivity contribution in [3.05, 3.63) is 94.1 Å². The summed E-state index contributed by atoms with van der Waals surface area (Å²) in [6, 6.07) is 21.1. The second-order valence-corrected chi connectivity index (χ2v) is 8.76. The monoisotopic (exact) mass is 460 g/mol. The Morgan fingerprint density at radius 1 is 0.909 bits per heavy atom. The van der Waals surface area contributed by atoms with E-state index < -0.39 is 0 Å². The molecule has 33 heavy (non-hydrogen) atoms. The summed E-state index contributed by atoms with van der Waals surface area (Å²) in [5.74, 6) is 1.60. The largest absolute Gasteiger partial charge is 0.497 e. The average Bonchev–Trinajstić information content (AvgIpc) is 3.01. The number of ketones is 1. The van der Waals surface area contributed by atoms with Crippen molar-refractivity contribution in [3.63, 3.8) is 0 Å². The summed E-state index contributed by atoms with van der Waals surface area (Å²) in [7, 11) is 3.28. The molecular weight excluding hydrogens is 436 g/mol. The lowest BCUT2D eigenvalue weighted by Gasteiger charge is -2.30. The van der Waals surface area contributed by atoms with Gasteiger partial charge in [0.05, 0.1) is 31.6 Å². The van der Waals surface area contributed by atoms with Crippen LogP contribution in [0, 0.1) is 0 Å². The number of rotatable bonds is 4. The zero-order valence-corrected chi connectivity index (χ0v) is 19.3. The Kier molecular flexibility index (Phi) is 5.73. The van der Waals surface area contributed by atoms with Gasteiger partial charge in [0, 0.05) is 28.3 Å². The van der Waals surface area contributed by atoms with Gasteiger partial charge in [0.2, 0.25) is 0 Å². The molecule has 0 saturated carbocycles. The van der Waals surface area contributed by atoms with Crippen LogP contribution in [-0.2, 0) is 4.79 Å². The second kappa shape index (κ2) is 8.83. The number of methoxy groups -OCH3 is 2. The third-order valence-electron chi connectivity index (χ3n) is 6.40. The van der Waals surface area contributed by atoms with Crippen molar-refractivity contribution in [1.82, 2.24) is 0 Å². The van der Waals surface area contributed by atoms with Crippen molar-refractivity contribution < 1.29 is 14.3 Å². The topological polar surface area (TPSA) is 59.6 Å². The van der Waals surface area contributed by atoms with E-state index in [9.17, 15) is 4.79 Å². The molecule has 2 aliphatic rings. The molecule has 2 atom stereocenters. The van der Waals surface area contributed by atoms with Crippen molar-refractivity contribution in [2.75, 3.05) is 24.9 Å². The van der Waals surface area contributed by atoms with Gasteiger partial charge in [-0.3, -0.25) is 4.79 Å². The van der Waals surface area contributed by atoms with E-state index >= 15 is 0 Å². The van der Waals surface area contributed by atoms with Crippen LogP contribution in [0.15, 0.2) is 78.0 Å². The smallest absolute Gasteiger partial charge is 0.163 e. The van der Waals surface area contributed by atoms with Gasteiger partial charge in [-0.05, 0) is 60.4 Å². The molecule has 0 unspecified atom stereocenters. The highest BCUT2D eigenvalue weighted by atomic mass is 35.5. The molecule has 0 radical (unpaired) electrons. The van der Waals surface area contributed by atoms with Crippen LogP contribution in [0.5, 0.6) is 11.5 Å². The van der Waals surface area contributed by atoms with E-state index in [4.69, 9.17) is 21.1 Å². The third kappa shape index (κ3) is 4.05. The van der Waals surface area contributed by atoms with Gasteiger partial charge in [-0.15, -0.1) is 0 Å². The second-order valence-electron chi connectivity index (χ2n) is 8.33. The number of carbonyl (C=O) groups is 1. The van der Waals surface area contributed by atoms with Crippen LogP contribution in [0.2, 0.25) is 5.02 Å². The molecular formula is C27H25ClN2O3. The van der Waals surface area contributed by atoms with Crippen LogP contribution >= 0.6 is 11.6 Å². The zero-order chi connectivity index (χ0) is 22.9. The van der Waals surface area contributed by atoms with Crippen LogP contribution in [0.3, 0.4) is 0 Å². The maximum absolute atomic E-state index is 13.7. The van der Waals surface area contributed by atoms with Gasteiger partial charge in [-0.2, -0.15) is 0 Å². The van der Waals surface area contributed by atoms with Crippen molar-refractivity contribution in [3.8, 4) is 11.5 Å². The SMILES string of the molecule is COc1ccc(OC)c([C@@H]2Nc3ccccc3NC3=C2C(=O)C[C@H](c2ccc(Cl)cc2)C3)c1. The zero-order valence-electron chi connectivity index (χ0n) is 18.5.